The van der Waals surface area contributed by atoms with Gasteiger partial charge in [0.05, 0.1) is 5.25 Å². The van der Waals surface area contributed by atoms with E-state index in [1.165, 1.54) is 24.2 Å². The Morgan fingerprint density at radius 2 is 1.74 bits per heavy atom. The Balaban J connectivity index is 1.70. The van der Waals surface area contributed by atoms with Crippen molar-refractivity contribution in [1.82, 2.24) is 14.8 Å². The summed E-state index contributed by atoms with van der Waals surface area (Å²) in [6, 6.07) is 15.3. The molecule has 0 saturated heterocycles. The van der Waals surface area contributed by atoms with Gasteiger partial charge >= 0.3 is 0 Å². The maximum absolute atomic E-state index is 12.6. The third kappa shape index (κ3) is 5.41. The zero-order chi connectivity index (χ0) is 22.8. The van der Waals surface area contributed by atoms with Gasteiger partial charge in [0.25, 0.3) is 0 Å². The van der Waals surface area contributed by atoms with Crippen LogP contribution in [0.1, 0.15) is 50.5 Å². The molecule has 3 aromatic rings. The van der Waals surface area contributed by atoms with Crippen LogP contribution in [-0.4, -0.2) is 31.7 Å². The zero-order valence-electron chi connectivity index (χ0n) is 18.8. The summed E-state index contributed by atoms with van der Waals surface area (Å²) in [6.07, 6.45) is 0. The summed E-state index contributed by atoms with van der Waals surface area (Å²) < 4.78 is 1.90. The van der Waals surface area contributed by atoms with Crippen LogP contribution in [0.3, 0.4) is 0 Å². The minimum atomic E-state index is -0.389. The van der Waals surface area contributed by atoms with Gasteiger partial charge in [-0.25, -0.2) is 0 Å². The highest BCUT2D eigenvalue weighted by molar-refractivity contribution is 8.00. The summed E-state index contributed by atoms with van der Waals surface area (Å²) in [6.45, 7) is 9.87. The molecule has 1 atom stereocenters. The van der Waals surface area contributed by atoms with Gasteiger partial charge in [0.1, 0.15) is 0 Å². The van der Waals surface area contributed by atoms with Crippen LogP contribution >= 0.6 is 11.8 Å². The van der Waals surface area contributed by atoms with E-state index < -0.39 is 0 Å². The van der Waals surface area contributed by atoms with Gasteiger partial charge in [0.2, 0.25) is 5.91 Å². The minimum absolute atomic E-state index is 0.0410. The molecule has 1 heterocycles. The van der Waals surface area contributed by atoms with E-state index in [9.17, 15) is 9.59 Å². The Labute approximate surface area is 187 Å². The highest BCUT2D eigenvalue weighted by Crippen LogP contribution is 2.28. The molecule has 7 heteroatoms. The number of nitrogens with zero attached hydrogens (tertiary/aromatic N) is 3. The number of amides is 1. The van der Waals surface area contributed by atoms with Crippen LogP contribution in [0.2, 0.25) is 0 Å². The van der Waals surface area contributed by atoms with Gasteiger partial charge in [0, 0.05) is 23.9 Å². The van der Waals surface area contributed by atoms with Gasteiger partial charge in [-0.15, -0.1) is 10.2 Å². The van der Waals surface area contributed by atoms with Crippen molar-refractivity contribution in [3.05, 3.63) is 59.7 Å². The summed E-state index contributed by atoms with van der Waals surface area (Å²) in [4.78, 5) is 24.2. The fourth-order valence-electron chi connectivity index (χ4n) is 3.06. The van der Waals surface area contributed by atoms with Gasteiger partial charge in [0.15, 0.2) is 16.8 Å². The molecule has 0 spiro atoms. The number of anilines is 1. The number of benzene rings is 2. The molecule has 1 amide bonds. The van der Waals surface area contributed by atoms with E-state index in [1.807, 2.05) is 18.5 Å². The molecule has 162 valence electrons. The van der Waals surface area contributed by atoms with Crippen LogP contribution in [0.25, 0.3) is 11.4 Å². The Morgan fingerprint density at radius 3 is 2.35 bits per heavy atom. The summed E-state index contributed by atoms with van der Waals surface area (Å²) in [7, 11) is 1.90. The van der Waals surface area contributed by atoms with E-state index in [1.54, 1.807) is 24.3 Å². The second-order valence-corrected chi connectivity index (χ2v) is 9.89. The number of carbonyl (C=O) groups is 2. The maximum Gasteiger partial charge on any atom is 0.237 e. The molecule has 0 aliphatic carbocycles. The van der Waals surface area contributed by atoms with Crippen molar-refractivity contribution in [1.29, 1.82) is 0 Å². The normalized spacial score (nSPS) is 12.5. The standard InChI is InChI=1S/C24H28N4O2S/c1-15(29)18-8-7-9-20(14-18)25-22(30)16(2)31-23-27-26-21(28(23)6)17-10-12-19(13-11-17)24(3,4)5/h7-14,16H,1-6H3,(H,25,30). The third-order valence-corrected chi connectivity index (χ3v) is 6.17. The maximum atomic E-state index is 12.6. The lowest BCUT2D eigenvalue weighted by atomic mass is 9.87. The Bertz CT molecular complexity index is 1100. The molecule has 0 aliphatic heterocycles. The van der Waals surface area contributed by atoms with Crippen LogP contribution in [0.5, 0.6) is 0 Å². The number of nitrogens with one attached hydrogen (secondary N) is 1. The van der Waals surface area contributed by atoms with E-state index in [2.05, 4.69) is 60.6 Å². The minimum Gasteiger partial charge on any atom is -0.325 e. The Morgan fingerprint density at radius 1 is 1.06 bits per heavy atom. The lowest BCUT2D eigenvalue weighted by Gasteiger charge is -2.19. The number of thioether (sulfide) groups is 1. The van der Waals surface area contributed by atoms with Gasteiger partial charge in [-0.05, 0) is 37.0 Å². The Kier molecular flexibility index (Phi) is 6.65. The number of ketones is 1. The van der Waals surface area contributed by atoms with E-state index in [-0.39, 0.29) is 22.4 Å². The fraction of sp³-hybridized carbons (Fsp3) is 0.333. The highest BCUT2D eigenvalue weighted by atomic mass is 32.2. The van der Waals surface area contributed by atoms with E-state index in [0.29, 0.717) is 16.4 Å². The van der Waals surface area contributed by atoms with E-state index >= 15 is 0 Å². The SMILES string of the molecule is CC(=O)c1cccc(NC(=O)C(C)Sc2nnc(-c3ccc(C(C)(C)C)cc3)n2C)c1. The van der Waals surface area contributed by atoms with Crippen LogP contribution in [0, 0.1) is 0 Å². The van der Waals surface area contributed by atoms with Crippen molar-refractivity contribution in [2.75, 3.05) is 5.32 Å². The lowest BCUT2D eigenvalue weighted by Crippen LogP contribution is -2.23. The average molecular weight is 437 g/mol. The largest absolute Gasteiger partial charge is 0.325 e. The molecular weight excluding hydrogens is 408 g/mol. The van der Waals surface area contributed by atoms with E-state index in [4.69, 9.17) is 0 Å². The molecule has 0 saturated carbocycles. The first-order chi connectivity index (χ1) is 14.6. The third-order valence-electron chi connectivity index (χ3n) is 5.03. The first-order valence-corrected chi connectivity index (χ1v) is 11.0. The zero-order valence-corrected chi connectivity index (χ0v) is 19.6. The smallest absolute Gasteiger partial charge is 0.237 e. The molecule has 2 aromatic carbocycles. The molecule has 31 heavy (non-hydrogen) atoms. The molecule has 3 rings (SSSR count). The van der Waals surface area contributed by atoms with Gasteiger partial charge in [-0.3, -0.25) is 9.59 Å². The van der Waals surface area contributed by atoms with Gasteiger partial charge < -0.3 is 9.88 Å². The predicted molar refractivity (Wildman–Crippen MR) is 126 cm³/mol. The monoisotopic (exact) mass is 436 g/mol. The molecular formula is C24H28N4O2S. The number of carbonyl (C=O) groups excluding carboxylic acids is 2. The number of hydrogen-bond acceptors (Lipinski definition) is 5. The van der Waals surface area contributed by atoms with Crippen LogP contribution in [0.4, 0.5) is 5.69 Å². The molecule has 0 bridgehead atoms. The molecule has 0 fully saturated rings. The summed E-state index contributed by atoms with van der Waals surface area (Å²) in [5, 5.41) is 11.7. The van der Waals surface area contributed by atoms with Crippen molar-refractivity contribution in [3.8, 4) is 11.4 Å². The van der Waals surface area contributed by atoms with Crippen LogP contribution in [-0.2, 0) is 17.3 Å². The molecule has 1 unspecified atom stereocenters. The number of rotatable bonds is 6. The number of Topliss-reactive ketones (excluding diaryl/α,β-unsaturated/α-hetero) is 1. The first kappa shape index (κ1) is 22.7. The summed E-state index contributed by atoms with van der Waals surface area (Å²) >= 11 is 1.34. The topological polar surface area (TPSA) is 76.9 Å². The fourth-order valence-corrected chi connectivity index (χ4v) is 3.87. The number of hydrogen-bond donors (Lipinski definition) is 1. The average Bonchev–Trinajstić information content (AvgIpc) is 3.07. The quantitative estimate of drug-likeness (QED) is 0.430. The number of aromatic nitrogens is 3. The second kappa shape index (κ2) is 9.06. The molecule has 1 N–H and O–H groups in total. The van der Waals surface area contributed by atoms with Gasteiger partial charge in [-0.2, -0.15) is 0 Å². The molecule has 1 aromatic heterocycles. The van der Waals surface area contributed by atoms with Crippen molar-refractivity contribution >= 4 is 29.1 Å². The van der Waals surface area contributed by atoms with Crippen molar-refractivity contribution in [2.45, 2.75) is 50.4 Å². The molecule has 0 aliphatic rings. The molecule has 6 nitrogen and oxygen atoms in total. The van der Waals surface area contributed by atoms with Crippen molar-refractivity contribution in [2.24, 2.45) is 7.05 Å². The first-order valence-electron chi connectivity index (χ1n) is 10.1. The van der Waals surface area contributed by atoms with Crippen LogP contribution < -0.4 is 5.32 Å². The predicted octanol–water partition coefficient (Wildman–Crippen LogP) is 5.10. The highest BCUT2D eigenvalue weighted by Gasteiger charge is 2.20. The summed E-state index contributed by atoms with van der Waals surface area (Å²) in [5.74, 6) is 0.551. The Hall–Kier alpha value is -2.93. The van der Waals surface area contributed by atoms with E-state index in [0.717, 1.165) is 11.4 Å². The molecule has 0 radical (unpaired) electrons. The van der Waals surface area contributed by atoms with Gasteiger partial charge in [-0.1, -0.05) is 68.9 Å². The van der Waals surface area contributed by atoms with Crippen molar-refractivity contribution in [3.63, 3.8) is 0 Å². The van der Waals surface area contributed by atoms with Crippen LogP contribution in [0.15, 0.2) is 53.7 Å². The summed E-state index contributed by atoms with van der Waals surface area (Å²) in [5.41, 5.74) is 3.49. The lowest BCUT2D eigenvalue weighted by molar-refractivity contribution is -0.115. The second-order valence-electron chi connectivity index (χ2n) is 8.58. The van der Waals surface area contributed by atoms with Crippen molar-refractivity contribution < 1.29 is 9.59 Å².